The lowest BCUT2D eigenvalue weighted by atomic mass is 9.83. The fourth-order valence-electron chi connectivity index (χ4n) is 2.99. The van der Waals surface area contributed by atoms with Gasteiger partial charge in [0.1, 0.15) is 23.4 Å². The first-order valence-electron chi connectivity index (χ1n) is 8.58. The van der Waals surface area contributed by atoms with Gasteiger partial charge in [0, 0.05) is 0 Å². The number of carbonyl (C=O) groups excluding carboxylic acids is 1. The lowest BCUT2D eigenvalue weighted by Crippen LogP contribution is -2.56. The van der Waals surface area contributed by atoms with E-state index in [-0.39, 0.29) is 12.7 Å². The van der Waals surface area contributed by atoms with E-state index in [4.69, 9.17) is 18.9 Å². The van der Waals surface area contributed by atoms with E-state index in [0.717, 1.165) is 5.56 Å². The molecule has 25 heavy (non-hydrogen) atoms. The number of hydrogen-bond acceptors (Lipinski definition) is 6. The van der Waals surface area contributed by atoms with E-state index in [1.165, 1.54) is 0 Å². The number of esters is 1. The van der Waals surface area contributed by atoms with Crippen LogP contribution in [0.3, 0.4) is 0 Å². The molecule has 1 N–H and O–H groups in total. The van der Waals surface area contributed by atoms with Gasteiger partial charge in [0.15, 0.2) is 6.29 Å². The summed E-state index contributed by atoms with van der Waals surface area (Å²) < 4.78 is 22.4. The van der Waals surface area contributed by atoms with E-state index >= 15 is 0 Å². The Morgan fingerprint density at radius 2 is 2.04 bits per heavy atom. The molecule has 6 nitrogen and oxygen atoms in total. The normalized spacial score (nSPS) is 32.6. The molecule has 3 rings (SSSR count). The zero-order valence-corrected chi connectivity index (χ0v) is 15.1. The minimum atomic E-state index is -1.40. The largest absolute Gasteiger partial charge is 0.460 e. The van der Waals surface area contributed by atoms with Crippen LogP contribution in [0.25, 0.3) is 0 Å². The van der Waals surface area contributed by atoms with Crippen molar-refractivity contribution >= 4 is 5.97 Å². The highest BCUT2D eigenvalue weighted by atomic mass is 16.7. The summed E-state index contributed by atoms with van der Waals surface area (Å²) in [5.41, 5.74) is -0.978. The molecule has 0 spiro atoms. The third-order valence-corrected chi connectivity index (χ3v) is 4.53. The summed E-state index contributed by atoms with van der Waals surface area (Å²) in [6.45, 7) is 7.39. The van der Waals surface area contributed by atoms with Crippen molar-refractivity contribution in [3.8, 4) is 0 Å². The zero-order valence-electron chi connectivity index (χ0n) is 15.1. The molecule has 0 amide bonds. The van der Waals surface area contributed by atoms with Crippen LogP contribution in [0.2, 0.25) is 0 Å². The average Bonchev–Trinajstić information content (AvgIpc) is 3.35. The van der Waals surface area contributed by atoms with Crippen LogP contribution in [0.5, 0.6) is 0 Å². The SMILES string of the molecule is CC(C(=O)OC(C)(C)C)[C@@]1(O)CO[C@H](OCc2ccccc2)[C@@H]2O[C@@H]21. The number of fused-ring (bicyclic) bond motifs is 1. The molecule has 0 saturated carbocycles. The molecule has 2 aliphatic rings. The maximum atomic E-state index is 12.3. The number of hydrogen-bond donors (Lipinski definition) is 1. The van der Waals surface area contributed by atoms with E-state index in [1.807, 2.05) is 30.3 Å². The highest BCUT2D eigenvalue weighted by Gasteiger charge is 2.65. The number of aliphatic hydroxyl groups is 1. The van der Waals surface area contributed by atoms with E-state index < -0.39 is 35.5 Å². The van der Waals surface area contributed by atoms with Crippen LogP contribution in [-0.2, 0) is 30.3 Å². The second-order valence-electron chi connectivity index (χ2n) is 7.74. The molecule has 2 heterocycles. The smallest absolute Gasteiger partial charge is 0.312 e. The number of carbonyl (C=O) groups is 1. The molecule has 0 aliphatic carbocycles. The fraction of sp³-hybridized carbons (Fsp3) is 0.632. The predicted molar refractivity (Wildman–Crippen MR) is 89.6 cm³/mol. The van der Waals surface area contributed by atoms with E-state index in [0.29, 0.717) is 6.61 Å². The van der Waals surface area contributed by atoms with Crippen molar-refractivity contribution < 1.29 is 28.8 Å². The van der Waals surface area contributed by atoms with Crippen LogP contribution in [0, 0.1) is 5.92 Å². The van der Waals surface area contributed by atoms with Gasteiger partial charge in [0.05, 0.1) is 19.1 Å². The van der Waals surface area contributed by atoms with E-state index in [9.17, 15) is 9.90 Å². The summed E-state index contributed by atoms with van der Waals surface area (Å²) >= 11 is 0. The Labute approximate surface area is 148 Å². The third kappa shape index (κ3) is 4.03. The van der Waals surface area contributed by atoms with Crippen LogP contribution in [0.4, 0.5) is 0 Å². The molecule has 5 atom stereocenters. The van der Waals surface area contributed by atoms with Gasteiger partial charge < -0.3 is 24.1 Å². The van der Waals surface area contributed by atoms with Crippen molar-refractivity contribution in [1.29, 1.82) is 0 Å². The van der Waals surface area contributed by atoms with Crippen molar-refractivity contribution in [1.82, 2.24) is 0 Å². The van der Waals surface area contributed by atoms with Crippen molar-refractivity contribution in [3.63, 3.8) is 0 Å². The first-order valence-corrected chi connectivity index (χ1v) is 8.58. The summed E-state index contributed by atoms with van der Waals surface area (Å²) in [6, 6.07) is 9.76. The highest BCUT2D eigenvalue weighted by molar-refractivity contribution is 5.74. The fourth-order valence-corrected chi connectivity index (χ4v) is 2.99. The molecule has 6 heteroatoms. The van der Waals surface area contributed by atoms with Crippen LogP contribution < -0.4 is 0 Å². The molecular formula is C19H26O6. The maximum Gasteiger partial charge on any atom is 0.312 e. The Morgan fingerprint density at radius 3 is 2.68 bits per heavy atom. The van der Waals surface area contributed by atoms with Gasteiger partial charge in [0.2, 0.25) is 0 Å². The number of rotatable bonds is 5. The van der Waals surface area contributed by atoms with Gasteiger partial charge in [-0.15, -0.1) is 0 Å². The van der Waals surface area contributed by atoms with Crippen LogP contribution in [0.15, 0.2) is 30.3 Å². The molecule has 2 saturated heterocycles. The zero-order chi connectivity index (χ0) is 18.2. The van der Waals surface area contributed by atoms with E-state index in [2.05, 4.69) is 0 Å². The summed E-state index contributed by atoms with van der Waals surface area (Å²) in [5.74, 6) is -1.21. The molecule has 0 radical (unpaired) electrons. The Bertz CT molecular complexity index is 610. The quantitative estimate of drug-likeness (QED) is 0.647. The molecule has 1 aromatic carbocycles. The molecule has 138 valence electrons. The van der Waals surface area contributed by atoms with Crippen molar-refractivity contribution in [2.24, 2.45) is 5.92 Å². The lowest BCUT2D eigenvalue weighted by molar-refractivity contribution is -0.218. The first-order chi connectivity index (χ1) is 11.7. The molecule has 1 aromatic rings. The second kappa shape index (κ2) is 6.68. The predicted octanol–water partition coefficient (Wildman–Crippen LogP) is 2.04. The van der Waals surface area contributed by atoms with Gasteiger partial charge >= 0.3 is 5.97 Å². The minimum absolute atomic E-state index is 0.0337. The summed E-state index contributed by atoms with van der Waals surface area (Å²) in [4.78, 5) is 12.3. The highest BCUT2D eigenvalue weighted by Crippen LogP contribution is 2.45. The van der Waals surface area contributed by atoms with E-state index in [1.54, 1.807) is 27.7 Å². The number of ether oxygens (including phenoxy) is 4. The Hall–Kier alpha value is -1.47. The topological polar surface area (TPSA) is 77.5 Å². The van der Waals surface area contributed by atoms with Crippen molar-refractivity contribution in [3.05, 3.63) is 35.9 Å². The lowest BCUT2D eigenvalue weighted by Gasteiger charge is -2.37. The molecule has 0 bridgehead atoms. The molecular weight excluding hydrogens is 324 g/mol. The molecule has 1 unspecified atom stereocenters. The summed E-state index contributed by atoms with van der Waals surface area (Å²) in [6.07, 6.45) is -1.40. The minimum Gasteiger partial charge on any atom is -0.460 e. The summed E-state index contributed by atoms with van der Waals surface area (Å²) in [5, 5.41) is 10.9. The Kier molecular flexibility index (Phi) is 4.90. The van der Waals surface area contributed by atoms with Gasteiger partial charge in [-0.25, -0.2) is 0 Å². The molecule has 2 aliphatic heterocycles. The number of benzene rings is 1. The molecule has 2 fully saturated rings. The third-order valence-electron chi connectivity index (χ3n) is 4.53. The first kappa shape index (κ1) is 18.3. The van der Waals surface area contributed by atoms with Gasteiger partial charge in [-0.3, -0.25) is 4.79 Å². The van der Waals surface area contributed by atoms with Crippen molar-refractivity contribution in [2.75, 3.05) is 6.61 Å². The summed E-state index contributed by atoms with van der Waals surface area (Å²) in [7, 11) is 0. The average molecular weight is 350 g/mol. The van der Waals surface area contributed by atoms with Gasteiger partial charge in [-0.05, 0) is 33.3 Å². The van der Waals surface area contributed by atoms with Crippen LogP contribution in [-0.4, -0.2) is 47.4 Å². The maximum absolute atomic E-state index is 12.3. The standard InChI is InChI=1S/C19H26O6/c1-12(16(20)25-18(2,3)4)19(21)11-23-17(14-15(19)24-14)22-10-13-8-6-5-7-9-13/h5-9,12,14-15,17,21H,10-11H2,1-4H3/t12?,14-,15+,17+,19+/m1/s1. The van der Waals surface area contributed by atoms with Crippen LogP contribution >= 0.6 is 0 Å². The van der Waals surface area contributed by atoms with Gasteiger partial charge in [-0.2, -0.15) is 0 Å². The number of epoxide rings is 1. The second-order valence-corrected chi connectivity index (χ2v) is 7.74. The van der Waals surface area contributed by atoms with Crippen molar-refractivity contribution in [2.45, 2.75) is 64.0 Å². The monoisotopic (exact) mass is 350 g/mol. The van der Waals surface area contributed by atoms with Gasteiger partial charge in [0.25, 0.3) is 0 Å². The Morgan fingerprint density at radius 1 is 1.36 bits per heavy atom. The Balaban J connectivity index is 1.57. The van der Waals surface area contributed by atoms with Gasteiger partial charge in [-0.1, -0.05) is 30.3 Å². The van der Waals surface area contributed by atoms with Crippen LogP contribution in [0.1, 0.15) is 33.3 Å². The molecule has 0 aromatic heterocycles.